The molecule has 0 fully saturated rings. The van der Waals surface area contributed by atoms with Gasteiger partial charge in [0.05, 0.1) is 19.7 Å². The standard InChI is InChI=1S/C16H21N5O2/c1-23-8-7-20-11-15-19-18-14(10-17)21(15)13(16(20)22)9-12-5-3-2-4-6-12/h2-6,13H,7-11,17H2,1H3/t13-/m1/s1. The van der Waals surface area contributed by atoms with Crippen LogP contribution in [0.3, 0.4) is 0 Å². The van der Waals surface area contributed by atoms with Crippen molar-refractivity contribution in [3.63, 3.8) is 0 Å². The van der Waals surface area contributed by atoms with Crippen LogP contribution in [-0.4, -0.2) is 45.8 Å². The number of amides is 1. The minimum absolute atomic E-state index is 0.0629. The number of methoxy groups -OCH3 is 1. The first-order valence-corrected chi connectivity index (χ1v) is 7.69. The first-order valence-electron chi connectivity index (χ1n) is 7.69. The van der Waals surface area contributed by atoms with E-state index in [-0.39, 0.29) is 18.5 Å². The van der Waals surface area contributed by atoms with Crippen LogP contribution in [0.15, 0.2) is 30.3 Å². The van der Waals surface area contributed by atoms with Crippen LogP contribution in [0, 0.1) is 0 Å². The van der Waals surface area contributed by atoms with Crippen molar-refractivity contribution in [2.75, 3.05) is 20.3 Å². The number of fused-ring (bicyclic) bond motifs is 1. The summed E-state index contributed by atoms with van der Waals surface area (Å²) < 4.78 is 7.01. The molecule has 0 saturated carbocycles. The molecule has 1 aliphatic rings. The van der Waals surface area contributed by atoms with Gasteiger partial charge in [-0.1, -0.05) is 30.3 Å². The van der Waals surface area contributed by atoms with Gasteiger partial charge < -0.3 is 15.4 Å². The number of carbonyl (C=O) groups excluding carboxylic acids is 1. The van der Waals surface area contributed by atoms with Gasteiger partial charge in [-0.2, -0.15) is 0 Å². The van der Waals surface area contributed by atoms with E-state index < -0.39 is 0 Å². The first kappa shape index (κ1) is 15.6. The van der Waals surface area contributed by atoms with Crippen molar-refractivity contribution in [3.8, 4) is 0 Å². The Morgan fingerprint density at radius 3 is 2.78 bits per heavy atom. The Morgan fingerprint density at radius 2 is 2.09 bits per heavy atom. The van der Waals surface area contributed by atoms with E-state index in [1.54, 1.807) is 12.0 Å². The molecule has 1 aromatic carbocycles. The Bertz CT molecular complexity index is 670. The van der Waals surface area contributed by atoms with Crippen LogP contribution in [0.25, 0.3) is 0 Å². The largest absolute Gasteiger partial charge is 0.383 e. The molecule has 0 bridgehead atoms. The number of carbonyl (C=O) groups is 1. The summed E-state index contributed by atoms with van der Waals surface area (Å²) >= 11 is 0. The van der Waals surface area contributed by atoms with Crippen molar-refractivity contribution in [2.24, 2.45) is 5.73 Å². The number of hydrogen-bond acceptors (Lipinski definition) is 5. The van der Waals surface area contributed by atoms with Crippen LogP contribution in [0.1, 0.15) is 23.3 Å². The minimum atomic E-state index is -0.355. The third-order valence-corrected chi connectivity index (χ3v) is 4.10. The first-order chi connectivity index (χ1) is 11.2. The average molecular weight is 315 g/mol. The Kier molecular flexibility index (Phi) is 4.68. The highest BCUT2D eigenvalue weighted by Gasteiger charge is 2.35. The van der Waals surface area contributed by atoms with Crippen LogP contribution < -0.4 is 5.73 Å². The zero-order chi connectivity index (χ0) is 16.2. The SMILES string of the molecule is COCCN1Cc2nnc(CN)n2[C@H](Cc2ccccc2)C1=O. The zero-order valence-corrected chi connectivity index (χ0v) is 13.2. The zero-order valence-electron chi connectivity index (χ0n) is 13.2. The molecule has 0 unspecified atom stereocenters. The van der Waals surface area contributed by atoms with E-state index in [0.29, 0.717) is 31.9 Å². The van der Waals surface area contributed by atoms with Crippen molar-refractivity contribution in [2.45, 2.75) is 25.6 Å². The topological polar surface area (TPSA) is 86.3 Å². The van der Waals surface area contributed by atoms with E-state index in [4.69, 9.17) is 10.5 Å². The Balaban J connectivity index is 1.93. The summed E-state index contributed by atoms with van der Waals surface area (Å²) in [6.45, 7) is 1.76. The van der Waals surface area contributed by atoms with E-state index >= 15 is 0 Å². The fourth-order valence-corrected chi connectivity index (χ4v) is 2.94. The molecule has 2 N–H and O–H groups in total. The Hall–Kier alpha value is -2.25. The number of ether oxygens (including phenoxy) is 1. The smallest absolute Gasteiger partial charge is 0.246 e. The number of benzene rings is 1. The van der Waals surface area contributed by atoms with Crippen LogP contribution in [-0.2, 0) is 29.0 Å². The van der Waals surface area contributed by atoms with Gasteiger partial charge in [-0.3, -0.25) is 9.36 Å². The van der Waals surface area contributed by atoms with Gasteiger partial charge in [0.25, 0.3) is 0 Å². The van der Waals surface area contributed by atoms with Crippen molar-refractivity contribution >= 4 is 5.91 Å². The number of nitrogens with two attached hydrogens (primary N) is 1. The lowest BCUT2D eigenvalue weighted by Gasteiger charge is -2.33. The molecular formula is C16H21N5O2. The highest BCUT2D eigenvalue weighted by Crippen LogP contribution is 2.26. The molecule has 23 heavy (non-hydrogen) atoms. The van der Waals surface area contributed by atoms with Crippen LogP contribution in [0.5, 0.6) is 0 Å². The molecule has 3 rings (SSSR count). The summed E-state index contributed by atoms with van der Waals surface area (Å²) in [5.74, 6) is 1.50. The molecule has 0 radical (unpaired) electrons. The molecule has 122 valence electrons. The van der Waals surface area contributed by atoms with Gasteiger partial charge in [0.1, 0.15) is 11.9 Å². The van der Waals surface area contributed by atoms with E-state index in [1.165, 1.54) is 0 Å². The van der Waals surface area contributed by atoms with Gasteiger partial charge in [0, 0.05) is 20.1 Å². The van der Waals surface area contributed by atoms with E-state index in [1.807, 2.05) is 34.9 Å². The third kappa shape index (κ3) is 3.11. The lowest BCUT2D eigenvalue weighted by molar-refractivity contribution is -0.138. The molecule has 0 aliphatic carbocycles. The number of rotatable bonds is 6. The highest BCUT2D eigenvalue weighted by molar-refractivity contribution is 5.82. The maximum atomic E-state index is 12.9. The van der Waals surface area contributed by atoms with E-state index in [0.717, 1.165) is 11.4 Å². The molecule has 7 nitrogen and oxygen atoms in total. The molecule has 2 aromatic rings. The summed E-state index contributed by atoms with van der Waals surface area (Å²) in [5, 5.41) is 8.35. The van der Waals surface area contributed by atoms with Crippen LogP contribution in [0.4, 0.5) is 0 Å². The van der Waals surface area contributed by atoms with Gasteiger partial charge in [-0.05, 0) is 5.56 Å². The Morgan fingerprint density at radius 1 is 1.30 bits per heavy atom. The van der Waals surface area contributed by atoms with Gasteiger partial charge in [-0.15, -0.1) is 10.2 Å². The van der Waals surface area contributed by atoms with Crippen molar-refractivity contribution in [1.82, 2.24) is 19.7 Å². The number of aromatic nitrogens is 3. The fourth-order valence-electron chi connectivity index (χ4n) is 2.94. The van der Waals surface area contributed by atoms with E-state index in [9.17, 15) is 4.79 Å². The fraction of sp³-hybridized carbons (Fsp3) is 0.438. The molecular weight excluding hydrogens is 294 g/mol. The molecule has 7 heteroatoms. The second kappa shape index (κ2) is 6.89. The minimum Gasteiger partial charge on any atom is -0.383 e. The quantitative estimate of drug-likeness (QED) is 0.839. The average Bonchev–Trinajstić information content (AvgIpc) is 2.99. The predicted octanol–water partition coefficient (Wildman–Crippen LogP) is 0.509. The van der Waals surface area contributed by atoms with Crippen LogP contribution >= 0.6 is 0 Å². The normalized spacial score (nSPS) is 17.4. The van der Waals surface area contributed by atoms with Crippen molar-refractivity contribution in [3.05, 3.63) is 47.5 Å². The van der Waals surface area contributed by atoms with Crippen molar-refractivity contribution < 1.29 is 9.53 Å². The predicted molar refractivity (Wildman–Crippen MR) is 84.4 cm³/mol. The summed E-state index contributed by atoms with van der Waals surface area (Å²) in [4.78, 5) is 14.7. The number of nitrogens with zero attached hydrogens (tertiary/aromatic N) is 4. The molecule has 1 atom stereocenters. The molecule has 0 saturated heterocycles. The molecule has 2 heterocycles. The number of hydrogen-bond donors (Lipinski definition) is 1. The van der Waals surface area contributed by atoms with Crippen molar-refractivity contribution in [1.29, 1.82) is 0 Å². The summed E-state index contributed by atoms with van der Waals surface area (Å²) in [6, 6.07) is 9.60. The highest BCUT2D eigenvalue weighted by atomic mass is 16.5. The summed E-state index contributed by atoms with van der Waals surface area (Å²) in [7, 11) is 1.63. The molecule has 0 spiro atoms. The van der Waals surface area contributed by atoms with Gasteiger partial charge >= 0.3 is 0 Å². The maximum Gasteiger partial charge on any atom is 0.246 e. The van der Waals surface area contributed by atoms with E-state index in [2.05, 4.69) is 10.2 Å². The molecule has 1 amide bonds. The summed E-state index contributed by atoms with van der Waals surface area (Å²) in [6.07, 6.45) is 0.598. The van der Waals surface area contributed by atoms with Gasteiger partial charge in [0.15, 0.2) is 5.82 Å². The lowest BCUT2D eigenvalue weighted by Crippen LogP contribution is -2.45. The third-order valence-electron chi connectivity index (χ3n) is 4.10. The maximum absolute atomic E-state index is 12.9. The lowest BCUT2D eigenvalue weighted by atomic mass is 10.0. The molecule has 1 aromatic heterocycles. The Labute approximate surface area is 135 Å². The van der Waals surface area contributed by atoms with Gasteiger partial charge in [0.2, 0.25) is 5.91 Å². The van der Waals surface area contributed by atoms with Gasteiger partial charge in [-0.25, -0.2) is 0 Å². The summed E-state index contributed by atoms with van der Waals surface area (Å²) in [5.41, 5.74) is 6.87. The second-order valence-corrected chi connectivity index (χ2v) is 5.56. The monoisotopic (exact) mass is 315 g/mol. The second-order valence-electron chi connectivity index (χ2n) is 5.56. The van der Waals surface area contributed by atoms with Crippen LogP contribution in [0.2, 0.25) is 0 Å². The molecule has 1 aliphatic heterocycles.